The van der Waals surface area contributed by atoms with Crippen molar-refractivity contribution in [2.24, 2.45) is 0 Å². The van der Waals surface area contributed by atoms with Gasteiger partial charge in [0.05, 0.1) is 0 Å². The average Bonchev–Trinajstić information content (AvgIpc) is 2.03. The van der Waals surface area contributed by atoms with E-state index in [1.54, 1.807) is 18.3 Å². The van der Waals surface area contributed by atoms with Gasteiger partial charge >= 0.3 is 0 Å². The number of nitrogens with zero attached hydrogens (tertiary/aromatic N) is 1. The number of nitrogens with one attached hydrogen (secondary N) is 1. The Balaban J connectivity index is 2.70. The quantitative estimate of drug-likeness (QED) is 0.440. The topological polar surface area (TPSA) is 68.2 Å². The first kappa shape index (κ1) is 8.66. The lowest BCUT2D eigenvalue weighted by Gasteiger charge is -1.97. The second kappa shape index (κ2) is 3.82. The molecule has 0 aromatic carbocycles. The van der Waals surface area contributed by atoms with Crippen molar-refractivity contribution in [3.05, 3.63) is 38.6 Å². The van der Waals surface area contributed by atoms with Gasteiger partial charge in [-0.1, -0.05) is 18.3 Å². The Labute approximate surface area is 73.1 Å². The van der Waals surface area contributed by atoms with Crippen LogP contribution < -0.4 is 0 Å². The van der Waals surface area contributed by atoms with Gasteiger partial charge in [0, 0.05) is 11.8 Å². The second-order valence-corrected chi connectivity index (χ2v) is 2.43. The highest BCUT2D eigenvalue weighted by molar-refractivity contribution is 7.71. The summed E-state index contributed by atoms with van der Waals surface area (Å²) in [4.78, 5) is 16.7. The maximum Gasteiger partial charge on any atom is 0.294 e. The summed E-state index contributed by atoms with van der Waals surface area (Å²) < 4.78 is 0.458. The molecule has 1 heterocycles. The molecular weight excluding hydrogens is 180 g/mol. The Morgan fingerprint density at radius 3 is 3.08 bits per heavy atom. The fourth-order valence-electron chi connectivity index (χ4n) is 0.692. The summed E-state index contributed by atoms with van der Waals surface area (Å²) in [5.74, 6) is 0. The number of rotatable bonds is 3. The molecular formula is C6H6N2O3S. The second-order valence-electron chi connectivity index (χ2n) is 2.02. The van der Waals surface area contributed by atoms with Gasteiger partial charge in [-0.15, -0.1) is 10.1 Å². The van der Waals surface area contributed by atoms with E-state index in [4.69, 9.17) is 12.2 Å². The molecule has 1 aromatic rings. The molecule has 0 radical (unpaired) electrons. The molecule has 0 bridgehead atoms. The minimum absolute atomic E-state index is 0.108. The number of hydrogen-bond acceptors (Lipinski definition) is 4. The summed E-state index contributed by atoms with van der Waals surface area (Å²) in [5, 5.41) is 8.98. The van der Waals surface area contributed by atoms with Gasteiger partial charge in [-0.05, 0) is 6.07 Å². The Morgan fingerprint density at radius 1 is 1.75 bits per heavy atom. The van der Waals surface area contributed by atoms with E-state index in [0.29, 0.717) is 10.2 Å². The molecule has 12 heavy (non-hydrogen) atoms. The first-order valence-corrected chi connectivity index (χ1v) is 3.55. The smallest absolute Gasteiger partial charge is 0.294 e. The third-order valence-electron chi connectivity index (χ3n) is 1.23. The summed E-state index contributed by atoms with van der Waals surface area (Å²) >= 11 is 4.85. The fraction of sp³-hybridized carbons (Fsp3) is 0.167. The van der Waals surface area contributed by atoms with Crippen LogP contribution in [0.4, 0.5) is 0 Å². The molecule has 6 heteroatoms. The van der Waals surface area contributed by atoms with Crippen LogP contribution in [0.1, 0.15) is 5.56 Å². The van der Waals surface area contributed by atoms with Crippen molar-refractivity contribution in [2.45, 2.75) is 6.61 Å². The molecule has 0 saturated heterocycles. The zero-order valence-electron chi connectivity index (χ0n) is 6.02. The van der Waals surface area contributed by atoms with Crippen molar-refractivity contribution in [1.29, 1.82) is 0 Å². The summed E-state index contributed by atoms with van der Waals surface area (Å²) in [5.41, 5.74) is 0.601. The van der Waals surface area contributed by atoms with Gasteiger partial charge in [0.25, 0.3) is 5.09 Å². The summed E-state index contributed by atoms with van der Waals surface area (Å²) in [7, 11) is 0. The van der Waals surface area contributed by atoms with Crippen molar-refractivity contribution in [2.75, 3.05) is 0 Å². The van der Waals surface area contributed by atoms with Gasteiger partial charge in [-0.2, -0.15) is 0 Å². The maximum atomic E-state index is 9.82. The van der Waals surface area contributed by atoms with Gasteiger partial charge in [0.1, 0.15) is 11.2 Å². The van der Waals surface area contributed by atoms with E-state index in [-0.39, 0.29) is 6.61 Å². The standard InChI is InChI=1S/C6H6N2O3S/c9-8(10)11-4-5-2-1-3-7-6(5)12/h1-3H,4H2,(H,7,12). The van der Waals surface area contributed by atoms with Gasteiger partial charge in [-0.25, -0.2) is 0 Å². The number of H-pyrrole nitrogens is 1. The zero-order chi connectivity index (χ0) is 8.97. The first-order valence-electron chi connectivity index (χ1n) is 3.14. The van der Waals surface area contributed by atoms with E-state index in [1.807, 2.05) is 0 Å². The summed E-state index contributed by atoms with van der Waals surface area (Å²) in [6, 6.07) is 3.37. The molecule has 0 aliphatic carbocycles. The molecule has 0 aliphatic heterocycles. The van der Waals surface area contributed by atoms with Crippen molar-refractivity contribution in [1.82, 2.24) is 4.98 Å². The highest BCUT2D eigenvalue weighted by Gasteiger charge is 1.98. The van der Waals surface area contributed by atoms with Crippen LogP contribution in [-0.4, -0.2) is 10.1 Å². The first-order chi connectivity index (χ1) is 5.70. The van der Waals surface area contributed by atoms with Crippen LogP contribution in [0.5, 0.6) is 0 Å². The molecule has 0 aliphatic rings. The zero-order valence-corrected chi connectivity index (χ0v) is 6.84. The fourth-order valence-corrected chi connectivity index (χ4v) is 0.887. The SMILES string of the molecule is O=[N+]([O-])OCc1ccc[nH]c1=S. The summed E-state index contributed by atoms with van der Waals surface area (Å²) in [6.07, 6.45) is 1.65. The lowest BCUT2D eigenvalue weighted by Crippen LogP contribution is -2.01. The van der Waals surface area contributed by atoms with Crippen molar-refractivity contribution < 1.29 is 9.92 Å². The average molecular weight is 186 g/mol. The third-order valence-corrected chi connectivity index (χ3v) is 1.61. The molecule has 0 atom stereocenters. The molecule has 0 amide bonds. The number of hydrogen-bond donors (Lipinski definition) is 1. The van der Waals surface area contributed by atoms with E-state index in [0.717, 1.165) is 0 Å². The van der Waals surface area contributed by atoms with Gasteiger partial charge in [0.2, 0.25) is 0 Å². The molecule has 0 saturated carbocycles. The molecule has 64 valence electrons. The number of pyridine rings is 1. The molecule has 0 fully saturated rings. The Kier molecular flexibility index (Phi) is 2.76. The van der Waals surface area contributed by atoms with E-state index in [2.05, 4.69) is 9.82 Å². The van der Waals surface area contributed by atoms with Crippen molar-refractivity contribution in [3.63, 3.8) is 0 Å². The monoisotopic (exact) mass is 186 g/mol. The lowest BCUT2D eigenvalue weighted by atomic mass is 10.3. The largest absolute Gasteiger partial charge is 0.353 e. The van der Waals surface area contributed by atoms with Gasteiger partial charge < -0.3 is 9.82 Å². The van der Waals surface area contributed by atoms with Crippen LogP contribution in [0.15, 0.2) is 18.3 Å². The number of aromatic amines is 1. The van der Waals surface area contributed by atoms with Crippen LogP contribution in [0.25, 0.3) is 0 Å². The van der Waals surface area contributed by atoms with E-state index < -0.39 is 5.09 Å². The van der Waals surface area contributed by atoms with Crippen LogP contribution in [0, 0.1) is 14.8 Å². The third kappa shape index (κ3) is 2.31. The number of aromatic nitrogens is 1. The van der Waals surface area contributed by atoms with Crippen LogP contribution in [-0.2, 0) is 11.4 Å². The summed E-state index contributed by atoms with van der Waals surface area (Å²) in [6.45, 7) is -0.108. The molecule has 1 N–H and O–H groups in total. The van der Waals surface area contributed by atoms with Gasteiger partial charge in [0.15, 0.2) is 0 Å². The molecule has 5 nitrogen and oxygen atoms in total. The van der Waals surface area contributed by atoms with E-state index >= 15 is 0 Å². The van der Waals surface area contributed by atoms with E-state index in [1.165, 1.54) is 0 Å². The van der Waals surface area contributed by atoms with Crippen molar-refractivity contribution >= 4 is 12.2 Å². The highest BCUT2D eigenvalue weighted by Crippen LogP contribution is 2.01. The molecule has 0 unspecified atom stereocenters. The maximum absolute atomic E-state index is 9.82. The van der Waals surface area contributed by atoms with Crippen LogP contribution in [0.3, 0.4) is 0 Å². The predicted molar refractivity (Wildman–Crippen MR) is 43.4 cm³/mol. The molecule has 1 aromatic heterocycles. The van der Waals surface area contributed by atoms with Crippen molar-refractivity contribution in [3.8, 4) is 0 Å². The minimum atomic E-state index is -0.845. The van der Waals surface area contributed by atoms with Crippen LogP contribution in [0.2, 0.25) is 0 Å². The minimum Gasteiger partial charge on any atom is -0.353 e. The Morgan fingerprint density at radius 2 is 2.50 bits per heavy atom. The molecule has 0 spiro atoms. The Hall–Kier alpha value is -1.43. The highest BCUT2D eigenvalue weighted by atomic mass is 32.1. The van der Waals surface area contributed by atoms with Crippen LogP contribution >= 0.6 is 12.2 Å². The normalized spacial score (nSPS) is 9.33. The van der Waals surface area contributed by atoms with E-state index in [9.17, 15) is 10.1 Å². The molecule has 1 rings (SSSR count). The predicted octanol–water partition coefficient (Wildman–Crippen LogP) is 1.45. The Bertz CT molecular complexity index is 336. The van der Waals surface area contributed by atoms with Gasteiger partial charge in [-0.3, -0.25) is 0 Å². The lowest BCUT2D eigenvalue weighted by molar-refractivity contribution is -0.763.